The minimum Gasteiger partial charge on any atom is -0.497 e. The third-order valence-electron chi connectivity index (χ3n) is 3.62. The van der Waals surface area contributed by atoms with Crippen LogP contribution < -0.4 is 15.4 Å². The van der Waals surface area contributed by atoms with Crippen LogP contribution in [0, 0.1) is 0 Å². The van der Waals surface area contributed by atoms with Crippen molar-refractivity contribution in [3.05, 3.63) is 24.3 Å². The summed E-state index contributed by atoms with van der Waals surface area (Å²) < 4.78 is 5.14. The second-order valence-electron chi connectivity index (χ2n) is 5.12. The molecule has 1 aliphatic rings. The van der Waals surface area contributed by atoms with E-state index in [1.165, 1.54) is 0 Å². The number of nitrogens with one attached hydrogen (secondary N) is 2. The van der Waals surface area contributed by atoms with Crippen molar-refractivity contribution in [2.45, 2.75) is 19.4 Å². The average molecular weight is 314 g/mol. The van der Waals surface area contributed by atoms with Crippen LogP contribution >= 0.6 is 12.4 Å². The second kappa shape index (κ2) is 8.87. The van der Waals surface area contributed by atoms with Gasteiger partial charge in [-0.25, -0.2) is 0 Å². The van der Waals surface area contributed by atoms with E-state index >= 15 is 0 Å². The van der Waals surface area contributed by atoms with Crippen LogP contribution in [0.4, 0.5) is 5.69 Å². The van der Waals surface area contributed by atoms with Crippen molar-refractivity contribution in [2.75, 3.05) is 38.6 Å². The van der Waals surface area contributed by atoms with Crippen LogP contribution in [-0.4, -0.2) is 50.1 Å². The maximum Gasteiger partial charge on any atom is 0.225 e. The highest BCUT2D eigenvalue weighted by molar-refractivity contribution is 5.91. The summed E-state index contributed by atoms with van der Waals surface area (Å²) in [5, 5.41) is 6.26. The fourth-order valence-corrected chi connectivity index (χ4v) is 2.38. The van der Waals surface area contributed by atoms with Crippen LogP contribution in [0.15, 0.2) is 24.3 Å². The van der Waals surface area contributed by atoms with Gasteiger partial charge < -0.3 is 15.4 Å². The third-order valence-corrected chi connectivity index (χ3v) is 3.62. The first-order chi connectivity index (χ1) is 9.69. The van der Waals surface area contributed by atoms with Crippen LogP contribution in [0.2, 0.25) is 0 Å². The van der Waals surface area contributed by atoms with E-state index in [0.717, 1.165) is 37.6 Å². The maximum atomic E-state index is 12.0. The fraction of sp³-hybridized carbons (Fsp3) is 0.533. The molecule has 0 aliphatic carbocycles. The van der Waals surface area contributed by atoms with Crippen molar-refractivity contribution >= 4 is 24.0 Å². The Morgan fingerprint density at radius 2 is 2.33 bits per heavy atom. The molecule has 1 fully saturated rings. The van der Waals surface area contributed by atoms with Crippen LogP contribution in [0.25, 0.3) is 0 Å². The van der Waals surface area contributed by atoms with Gasteiger partial charge >= 0.3 is 0 Å². The Labute approximate surface area is 132 Å². The van der Waals surface area contributed by atoms with Gasteiger partial charge in [0.25, 0.3) is 0 Å². The summed E-state index contributed by atoms with van der Waals surface area (Å²) in [5.41, 5.74) is 0.780. The second-order valence-corrected chi connectivity index (χ2v) is 5.12. The molecule has 21 heavy (non-hydrogen) atoms. The van der Waals surface area contributed by atoms with Gasteiger partial charge in [-0.15, -0.1) is 12.4 Å². The van der Waals surface area contributed by atoms with E-state index in [2.05, 4.69) is 22.5 Å². The number of anilines is 1. The Morgan fingerprint density at radius 1 is 1.52 bits per heavy atom. The van der Waals surface area contributed by atoms with E-state index in [-0.39, 0.29) is 18.3 Å². The predicted octanol–water partition coefficient (Wildman–Crippen LogP) is 1.74. The Balaban J connectivity index is 0.00000220. The topological polar surface area (TPSA) is 53.6 Å². The Kier molecular flexibility index (Phi) is 7.50. The predicted molar refractivity (Wildman–Crippen MR) is 87.4 cm³/mol. The van der Waals surface area contributed by atoms with Gasteiger partial charge in [-0.1, -0.05) is 6.07 Å². The van der Waals surface area contributed by atoms with E-state index in [1.807, 2.05) is 24.3 Å². The number of hydrogen-bond acceptors (Lipinski definition) is 4. The van der Waals surface area contributed by atoms with Crippen molar-refractivity contribution in [2.24, 2.45) is 0 Å². The Bertz CT molecular complexity index is 456. The summed E-state index contributed by atoms with van der Waals surface area (Å²) in [4.78, 5) is 14.3. The summed E-state index contributed by atoms with van der Waals surface area (Å²) in [6, 6.07) is 7.91. The molecule has 0 radical (unpaired) electrons. The highest BCUT2D eigenvalue weighted by Crippen LogP contribution is 2.16. The SMILES string of the molecule is COc1cccc(NC(=O)CCN2CCNC[C@H]2C)c1.Cl. The molecule has 1 atom stereocenters. The third kappa shape index (κ3) is 5.53. The smallest absolute Gasteiger partial charge is 0.225 e. The van der Waals surface area contributed by atoms with Gasteiger partial charge in [0, 0.05) is 50.4 Å². The highest BCUT2D eigenvalue weighted by atomic mass is 35.5. The number of carbonyl (C=O) groups excluding carboxylic acids is 1. The summed E-state index contributed by atoms with van der Waals surface area (Å²) in [5.74, 6) is 0.794. The van der Waals surface area contributed by atoms with Crippen LogP contribution in [-0.2, 0) is 4.79 Å². The lowest BCUT2D eigenvalue weighted by molar-refractivity contribution is -0.116. The molecule has 5 nitrogen and oxygen atoms in total. The number of hydrogen-bond donors (Lipinski definition) is 2. The summed E-state index contributed by atoms with van der Waals surface area (Å²) in [6.45, 7) is 6.00. The zero-order valence-corrected chi connectivity index (χ0v) is 13.4. The van der Waals surface area contributed by atoms with Crippen molar-refractivity contribution in [3.63, 3.8) is 0 Å². The quantitative estimate of drug-likeness (QED) is 0.869. The monoisotopic (exact) mass is 313 g/mol. The van der Waals surface area contributed by atoms with Crippen molar-refractivity contribution in [1.29, 1.82) is 0 Å². The molecule has 6 heteroatoms. The number of amides is 1. The number of ether oxygens (including phenoxy) is 1. The van der Waals surface area contributed by atoms with E-state index in [1.54, 1.807) is 7.11 Å². The summed E-state index contributed by atoms with van der Waals surface area (Å²) in [6.07, 6.45) is 0.515. The molecule has 1 aromatic carbocycles. The first-order valence-electron chi connectivity index (χ1n) is 7.07. The van der Waals surface area contributed by atoms with E-state index < -0.39 is 0 Å². The van der Waals surface area contributed by atoms with Crippen molar-refractivity contribution in [1.82, 2.24) is 10.2 Å². The molecule has 1 amide bonds. The van der Waals surface area contributed by atoms with Crippen LogP contribution in [0.3, 0.4) is 0 Å². The minimum atomic E-state index is 0. The highest BCUT2D eigenvalue weighted by Gasteiger charge is 2.18. The van der Waals surface area contributed by atoms with Crippen LogP contribution in [0.5, 0.6) is 5.75 Å². The molecular weight excluding hydrogens is 290 g/mol. The van der Waals surface area contributed by atoms with Gasteiger partial charge in [-0.05, 0) is 19.1 Å². The first-order valence-corrected chi connectivity index (χ1v) is 7.07. The minimum absolute atomic E-state index is 0. The van der Waals surface area contributed by atoms with E-state index in [4.69, 9.17) is 4.74 Å². The molecule has 1 saturated heterocycles. The Morgan fingerprint density at radius 3 is 3.05 bits per heavy atom. The lowest BCUT2D eigenvalue weighted by Gasteiger charge is -2.33. The van der Waals surface area contributed by atoms with Crippen molar-refractivity contribution < 1.29 is 9.53 Å². The largest absolute Gasteiger partial charge is 0.497 e. The number of piperazine rings is 1. The summed E-state index contributed by atoms with van der Waals surface area (Å²) in [7, 11) is 1.62. The molecule has 2 rings (SSSR count). The molecule has 0 aromatic heterocycles. The first kappa shape index (κ1) is 17.8. The van der Waals surface area contributed by atoms with Gasteiger partial charge in [0.15, 0.2) is 0 Å². The average Bonchev–Trinajstić information content (AvgIpc) is 2.46. The number of rotatable bonds is 5. The maximum absolute atomic E-state index is 12.0. The Hall–Kier alpha value is -1.30. The molecule has 2 N–H and O–H groups in total. The number of methoxy groups -OCH3 is 1. The van der Waals surface area contributed by atoms with Gasteiger partial charge in [-0.3, -0.25) is 9.69 Å². The number of halogens is 1. The normalized spacial score (nSPS) is 18.7. The molecular formula is C15H24ClN3O2. The number of nitrogens with zero attached hydrogens (tertiary/aromatic N) is 1. The lowest BCUT2D eigenvalue weighted by atomic mass is 10.2. The molecule has 118 valence electrons. The summed E-state index contributed by atoms with van der Waals surface area (Å²) >= 11 is 0. The fourth-order valence-electron chi connectivity index (χ4n) is 2.38. The number of benzene rings is 1. The zero-order valence-electron chi connectivity index (χ0n) is 12.6. The molecule has 1 aromatic rings. The van der Waals surface area contributed by atoms with Crippen LogP contribution in [0.1, 0.15) is 13.3 Å². The number of carbonyl (C=O) groups is 1. The molecule has 1 heterocycles. The van der Waals surface area contributed by atoms with Crippen molar-refractivity contribution in [3.8, 4) is 5.75 Å². The van der Waals surface area contributed by atoms with E-state index in [0.29, 0.717) is 12.5 Å². The van der Waals surface area contributed by atoms with Gasteiger partial charge in [0.05, 0.1) is 7.11 Å². The lowest BCUT2D eigenvalue weighted by Crippen LogP contribution is -2.50. The van der Waals surface area contributed by atoms with Gasteiger partial charge in [0.1, 0.15) is 5.75 Å². The van der Waals surface area contributed by atoms with Gasteiger partial charge in [-0.2, -0.15) is 0 Å². The molecule has 0 bridgehead atoms. The van der Waals surface area contributed by atoms with E-state index in [9.17, 15) is 4.79 Å². The van der Waals surface area contributed by atoms with Gasteiger partial charge in [0.2, 0.25) is 5.91 Å². The zero-order chi connectivity index (χ0) is 14.4. The molecule has 1 aliphatic heterocycles. The molecule has 0 unspecified atom stereocenters. The molecule has 0 saturated carbocycles. The molecule has 0 spiro atoms. The standard InChI is InChI=1S/C15H23N3O2.ClH/c1-12-11-16-7-9-18(12)8-6-15(19)17-13-4-3-5-14(10-13)20-2;/h3-5,10,12,16H,6-9,11H2,1-2H3,(H,17,19);1H/t12-;/m1./s1.